The van der Waals surface area contributed by atoms with Crippen molar-refractivity contribution in [1.29, 1.82) is 0 Å². The van der Waals surface area contributed by atoms with E-state index >= 15 is 0 Å². The Morgan fingerprint density at radius 2 is 1.89 bits per heavy atom. The number of amides is 1. The Morgan fingerprint density at radius 3 is 2.37 bits per heavy atom. The summed E-state index contributed by atoms with van der Waals surface area (Å²) in [6.45, 7) is 6.87. The summed E-state index contributed by atoms with van der Waals surface area (Å²) in [5.74, 6) is 0.627. The molecule has 1 unspecified atom stereocenters. The van der Waals surface area contributed by atoms with E-state index in [1.54, 1.807) is 31.4 Å². The van der Waals surface area contributed by atoms with Crippen LogP contribution >= 0.6 is 11.6 Å². The Balaban J connectivity index is 2.46. The Labute approximate surface area is 120 Å². The van der Waals surface area contributed by atoms with Crippen LogP contribution in [0.4, 0.5) is 0 Å². The molecule has 1 rings (SSSR count). The third kappa shape index (κ3) is 5.97. The lowest BCUT2D eigenvalue weighted by Crippen LogP contribution is -2.31. The summed E-state index contributed by atoms with van der Waals surface area (Å²) in [7, 11) is 1.60. The van der Waals surface area contributed by atoms with E-state index in [1.807, 2.05) is 0 Å². The first kappa shape index (κ1) is 15.8. The van der Waals surface area contributed by atoms with Gasteiger partial charge in [0.1, 0.15) is 5.75 Å². The number of methoxy groups -OCH3 is 1. The van der Waals surface area contributed by atoms with Crippen LogP contribution in [0.1, 0.15) is 37.6 Å². The van der Waals surface area contributed by atoms with Gasteiger partial charge in [-0.3, -0.25) is 4.79 Å². The minimum atomic E-state index is -0.109. The molecule has 19 heavy (non-hydrogen) atoms. The molecule has 1 aromatic rings. The molecule has 1 aromatic carbocycles. The molecular weight excluding hydrogens is 262 g/mol. The second kappa shape index (κ2) is 6.80. The summed E-state index contributed by atoms with van der Waals surface area (Å²) in [5, 5.41) is 2.79. The van der Waals surface area contributed by atoms with Gasteiger partial charge in [-0.2, -0.15) is 0 Å². The highest BCUT2D eigenvalue weighted by molar-refractivity contribution is 6.21. The molecule has 1 N–H and O–H groups in total. The summed E-state index contributed by atoms with van der Waals surface area (Å²) < 4.78 is 5.05. The van der Waals surface area contributed by atoms with Gasteiger partial charge in [0.05, 0.1) is 12.5 Å². The normalized spacial score (nSPS) is 12.9. The molecule has 0 saturated heterocycles. The number of carbonyl (C=O) groups is 1. The fraction of sp³-hybridized carbons (Fsp3) is 0.533. The van der Waals surface area contributed by atoms with Gasteiger partial charge in [0.25, 0.3) is 5.91 Å². The minimum Gasteiger partial charge on any atom is -0.497 e. The van der Waals surface area contributed by atoms with Crippen LogP contribution in [-0.4, -0.2) is 24.9 Å². The smallest absolute Gasteiger partial charge is 0.251 e. The van der Waals surface area contributed by atoms with Crippen LogP contribution in [0, 0.1) is 5.41 Å². The van der Waals surface area contributed by atoms with Crippen molar-refractivity contribution in [2.75, 3.05) is 13.7 Å². The van der Waals surface area contributed by atoms with Gasteiger partial charge in [-0.05, 0) is 36.1 Å². The maximum Gasteiger partial charge on any atom is 0.251 e. The van der Waals surface area contributed by atoms with Crippen molar-refractivity contribution in [1.82, 2.24) is 5.32 Å². The molecule has 1 amide bonds. The Hall–Kier alpha value is -1.22. The van der Waals surface area contributed by atoms with Crippen LogP contribution in [0.15, 0.2) is 24.3 Å². The zero-order valence-electron chi connectivity index (χ0n) is 12.0. The van der Waals surface area contributed by atoms with Gasteiger partial charge in [-0.15, -0.1) is 11.6 Å². The summed E-state index contributed by atoms with van der Waals surface area (Å²) in [6, 6.07) is 7.01. The van der Waals surface area contributed by atoms with Crippen molar-refractivity contribution in [3.8, 4) is 5.75 Å². The number of benzene rings is 1. The first-order valence-corrected chi connectivity index (χ1v) is 6.82. The summed E-state index contributed by atoms with van der Waals surface area (Å²) in [6.07, 6.45) is 0.859. The van der Waals surface area contributed by atoms with Crippen LogP contribution in [0.2, 0.25) is 0 Å². The van der Waals surface area contributed by atoms with E-state index in [0.29, 0.717) is 12.1 Å². The molecule has 0 radical (unpaired) electrons. The molecule has 1 atom stereocenters. The third-order valence-corrected chi connectivity index (χ3v) is 2.98. The van der Waals surface area contributed by atoms with Crippen molar-refractivity contribution in [3.63, 3.8) is 0 Å². The Kier molecular flexibility index (Phi) is 5.67. The minimum absolute atomic E-state index is 0.0535. The van der Waals surface area contributed by atoms with E-state index in [9.17, 15) is 4.79 Å². The Morgan fingerprint density at radius 1 is 1.32 bits per heavy atom. The van der Waals surface area contributed by atoms with E-state index in [0.717, 1.165) is 12.2 Å². The van der Waals surface area contributed by atoms with Crippen molar-refractivity contribution < 1.29 is 9.53 Å². The molecule has 0 aliphatic heterocycles. The monoisotopic (exact) mass is 283 g/mol. The number of carbonyl (C=O) groups excluding carboxylic acids is 1. The zero-order valence-corrected chi connectivity index (χ0v) is 12.8. The maximum atomic E-state index is 11.9. The topological polar surface area (TPSA) is 38.3 Å². The van der Waals surface area contributed by atoms with Crippen LogP contribution in [0.25, 0.3) is 0 Å². The molecule has 4 heteroatoms. The maximum absolute atomic E-state index is 11.9. The van der Waals surface area contributed by atoms with Gasteiger partial charge < -0.3 is 10.1 Å². The lowest BCUT2D eigenvalue weighted by molar-refractivity contribution is 0.0952. The van der Waals surface area contributed by atoms with Gasteiger partial charge in [0.2, 0.25) is 0 Å². The van der Waals surface area contributed by atoms with Crippen molar-refractivity contribution in [2.24, 2.45) is 5.41 Å². The highest BCUT2D eigenvalue weighted by Crippen LogP contribution is 2.23. The fourth-order valence-electron chi connectivity index (χ4n) is 1.78. The first-order valence-electron chi connectivity index (χ1n) is 6.38. The number of halogens is 1. The second-order valence-electron chi connectivity index (χ2n) is 5.80. The van der Waals surface area contributed by atoms with Crippen LogP contribution in [-0.2, 0) is 0 Å². The summed E-state index contributed by atoms with van der Waals surface area (Å²) in [5.41, 5.74) is 0.775. The molecule has 0 saturated carbocycles. The van der Waals surface area contributed by atoms with E-state index in [4.69, 9.17) is 16.3 Å². The highest BCUT2D eigenvalue weighted by atomic mass is 35.5. The second-order valence-corrected chi connectivity index (χ2v) is 6.42. The van der Waals surface area contributed by atoms with Crippen molar-refractivity contribution in [3.05, 3.63) is 29.8 Å². The molecule has 0 fully saturated rings. The van der Waals surface area contributed by atoms with E-state index in [-0.39, 0.29) is 16.7 Å². The molecule has 0 bridgehead atoms. The number of hydrogen-bond donors (Lipinski definition) is 1. The highest BCUT2D eigenvalue weighted by Gasteiger charge is 2.17. The molecule has 3 nitrogen and oxygen atoms in total. The summed E-state index contributed by atoms with van der Waals surface area (Å²) in [4.78, 5) is 11.9. The van der Waals surface area contributed by atoms with Crippen LogP contribution < -0.4 is 10.1 Å². The number of rotatable bonds is 5. The number of hydrogen-bond acceptors (Lipinski definition) is 2. The average molecular weight is 284 g/mol. The van der Waals surface area contributed by atoms with Crippen LogP contribution in [0.3, 0.4) is 0 Å². The first-order chi connectivity index (χ1) is 8.81. The predicted octanol–water partition coefficient (Wildman–Crippen LogP) is 3.47. The van der Waals surface area contributed by atoms with Gasteiger partial charge in [-0.1, -0.05) is 20.8 Å². The fourth-order valence-corrected chi connectivity index (χ4v) is 2.32. The molecule has 0 heterocycles. The lowest BCUT2D eigenvalue weighted by Gasteiger charge is -2.22. The quantitative estimate of drug-likeness (QED) is 0.841. The third-order valence-electron chi connectivity index (χ3n) is 2.67. The van der Waals surface area contributed by atoms with Gasteiger partial charge in [-0.25, -0.2) is 0 Å². The van der Waals surface area contributed by atoms with Gasteiger partial charge in [0.15, 0.2) is 0 Å². The predicted molar refractivity (Wildman–Crippen MR) is 79.0 cm³/mol. The van der Waals surface area contributed by atoms with Crippen molar-refractivity contribution in [2.45, 2.75) is 32.6 Å². The number of alkyl halides is 1. The SMILES string of the molecule is COc1ccc(C(=O)NCC(Cl)CC(C)(C)C)cc1. The van der Waals surface area contributed by atoms with Crippen molar-refractivity contribution >= 4 is 17.5 Å². The molecule has 0 spiro atoms. The lowest BCUT2D eigenvalue weighted by atomic mass is 9.90. The molecule has 0 aliphatic carbocycles. The van der Waals surface area contributed by atoms with E-state index in [1.165, 1.54) is 0 Å². The summed E-state index contributed by atoms with van der Waals surface area (Å²) >= 11 is 6.21. The largest absolute Gasteiger partial charge is 0.497 e. The zero-order chi connectivity index (χ0) is 14.5. The standard InChI is InChI=1S/C15H22ClNO2/c1-15(2,3)9-12(16)10-17-14(18)11-5-7-13(19-4)8-6-11/h5-8,12H,9-10H2,1-4H3,(H,17,18). The number of ether oxygens (including phenoxy) is 1. The Bertz CT molecular complexity index is 409. The van der Waals surface area contributed by atoms with Gasteiger partial charge in [0, 0.05) is 12.1 Å². The van der Waals surface area contributed by atoms with E-state index < -0.39 is 0 Å². The molecule has 0 aromatic heterocycles. The van der Waals surface area contributed by atoms with Gasteiger partial charge >= 0.3 is 0 Å². The average Bonchev–Trinajstić information content (AvgIpc) is 2.34. The molecule has 0 aliphatic rings. The molecular formula is C15H22ClNO2. The van der Waals surface area contributed by atoms with E-state index in [2.05, 4.69) is 26.1 Å². The molecule has 106 valence electrons. The number of nitrogens with one attached hydrogen (secondary N) is 1. The van der Waals surface area contributed by atoms with Crippen LogP contribution in [0.5, 0.6) is 5.75 Å².